The van der Waals surface area contributed by atoms with Gasteiger partial charge in [0.25, 0.3) is 0 Å². The molecule has 3 fully saturated rings. The van der Waals surface area contributed by atoms with Crippen molar-refractivity contribution in [3.63, 3.8) is 0 Å². The number of Topliss-reactive ketones (excluding diaryl/α,β-unsaturated/α-hetero) is 2. The van der Waals surface area contributed by atoms with Gasteiger partial charge in [0.1, 0.15) is 11.6 Å². The van der Waals surface area contributed by atoms with Crippen molar-refractivity contribution in [1.82, 2.24) is 0 Å². The quantitative estimate of drug-likeness (QED) is 0.488. The van der Waals surface area contributed by atoms with Crippen LogP contribution < -0.4 is 0 Å². The Kier molecular flexibility index (Phi) is 1.11. The zero-order valence-electron chi connectivity index (χ0n) is 6.89. The normalized spacial score (nSPS) is 48.9. The number of carbonyl (C=O) groups excluding carboxylic acids is 2. The van der Waals surface area contributed by atoms with Gasteiger partial charge >= 0.3 is 0 Å². The molecule has 11 heavy (non-hydrogen) atoms. The third-order valence-electron chi connectivity index (χ3n) is 3.21. The lowest BCUT2D eigenvalue weighted by molar-refractivity contribution is -0.159. The van der Waals surface area contributed by atoms with E-state index in [0.29, 0.717) is 0 Å². The minimum absolute atomic E-state index is 0.127. The van der Waals surface area contributed by atoms with E-state index in [1.54, 1.807) is 6.92 Å². The van der Waals surface area contributed by atoms with E-state index in [-0.39, 0.29) is 28.8 Å². The molecule has 0 radical (unpaired) electrons. The Hall–Kier alpha value is -0.660. The van der Waals surface area contributed by atoms with Gasteiger partial charge in [0.15, 0.2) is 0 Å². The number of ketones is 2. The lowest BCUT2D eigenvalue weighted by Crippen LogP contribution is -2.55. The SMILES string of the molecule is CC1C(=O)C2CC(C)(C2)C1=O. The summed E-state index contributed by atoms with van der Waals surface area (Å²) in [7, 11) is 0. The Labute approximate surface area is 66.0 Å². The summed E-state index contributed by atoms with van der Waals surface area (Å²) in [5.41, 5.74) is -0.127. The van der Waals surface area contributed by atoms with Crippen molar-refractivity contribution in [3.8, 4) is 0 Å². The molecule has 0 aliphatic heterocycles. The molecule has 1 unspecified atom stereocenters. The molecule has 1 atom stereocenters. The van der Waals surface area contributed by atoms with Crippen molar-refractivity contribution in [1.29, 1.82) is 0 Å². The highest BCUT2D eigenvalue weighted by Gasteiger charge is 2.56. The molecule has 0 aromatic rings. The van der Waals surface area contributed by atoms with Gasteiger partial charge in [-0.3, -0.25) is 9.59 Å². The molecule has 60 valence electrons. The summed E-state index contributed by atoms with van der Waals surface area (Å²) in [6, 6.07) is 0. The second kappa shape index (κ2) is 1.74. The highest BCUT2D eigenvalue weighted by molar-refractivity contribution is 6.10. The standard InChI is InChI=1S/C9H12O2/c1-5-7(10)6-3-9(2,4-6)8(5)11/h5-6H,3-4H2,1-2H3. The van der Waals surface area contributed by atoms with Gasteiger partial charge in [0, 0.05) is 11.3 Å². The van der Waals surface area contributed by atoms with Gasteiger partial charge in [0.2, 0.25) is 0 Å². The number of carbonyl (C=O) groups is 2. The lowest BCUT2D eigenvalue weighted by atomic mass is 9.51. The Morgan fingerprint density at radius 3 is 2.36 bits per heavy atom. The maximum atomic E-state index is 11.5. The topological polar surface area (TPSA) is 34.1 Å². The Morgan fingerprint density at radius 2 is 1.91 bits per heavy atom. The molecule has 3 saturated carbocycles. The second-order valence-electron chi connectivity index (χ2n) is 4.15. The lowest BCUT2D eigenvalue weighted by Gasteiger charge is -2.49. The minimum Gasteiger partial charge on any atom is -0.299 e. The molecule has 0 spiro atoms. The molecule has 2 heteroatoms. The Balaban J connectivity index is 2.32. The zero-order chi connectivity index (χ0) is 8.22. The number of fused-ring (bicyclic) bond motifs is 2. The molecule has 0 heterocycles. The van der Waals surface area contributed by atoms with E-state index in [1.165, 1.54) is 0 Å². The van der Waals surface area contributed by atoms with E-state index < -0.39 is 0 Å². The first-order valence-corrected chi connectivity index (χ1v) is 4.13. The minimum atomic E-state index is -0.313. The van der Waals surface area contributed by atoms with Crippen LogP contribution in [0.3, 0.4) is 0 Å². The molecule has 3 aliphatic rings. The van der Waals surface area contributed by atoms with E-state index in [9.17, 15) is 9.59 Å². The maximum absolute atomic E-state index is 11.5. The Bertz CT molecular complexity index is 236. The predicted molar refractivity (Wildman–Crippen MR) is 40.0 cm³/mol. The highest BCUT2D eigenvalue weighted by atomic mass is 16.2. The van der Waals surface area contributed by atoms with E-state index in [2.05, 4.69) is 0 Å². The highest BCUT2D eigenvalue weighted by Crippen LogP contribution is 2.53. The van der Waals surface area contributed by atoms with Gasteiger partial charge in [-0.1, -0.05) is 6.92 Å². The fraction of sp³-hybridized carbons (Fsp3) is 0.778. The molecule has 2 bridgehead atoms. The van der Waals surface area contributed by atoms with E-state index in [4.69, 9.17) is 0 Å². The van der Waals surface area contributed by atoms with Crippen LogP contribution in [0.5, 0.6) is 0 Å². The smallest absolute Gasteiger partial charge is 0.148 e. The van der Waals surface area contributed by atoms with Crippen LogP contribution in [-0.2, 0) is 9.59 Å². The van der Waals surface area contributed by atoms with Crippen molar-refractivity contribution in [2.75, 3.05) is 0 Å². The first-order chi connectivity index (χ1) is 5.04. The molecule has 3 aliphatic carbocycles. The fourth-order valence-electron chi connectivity index (χ4n) is 2.44. The predicted octanol–water partition coefficient (Wildman–Crippen LogP) is 1.19. The van der Waals surface area contributed by atoms with Gasteiger partial charge < -0.3 is 0 Å². The average molecular weight is 152 g/mol. The number of hydrogen-bond donors (Lipinski definition) is 0. The van der Waals surface area contributed by atoms with E-state index >= 15 is 0 Å². The van der Waals surface area contributed by atoms with Gasteiger partial charge in [-0.05, 0) is 19.8 Å². The van der Waals surface area contributed by atoms with Crippen LogP contribution in [0.2, 0.25) is 0 Å². The first-order valence-electron chi connectivity index (χ1n) is 4.13. The molecule has 0 saturated heterocycles. The summed E-state index contributed by atoms with van der Waals surface area (Å²) >= 11 is 0. The fourth-order valence-corrected chi connectivity index (χ4v) is 2.44. The molecule has 0 amide bonds. The summed E-state index contributed by atoms with van der Waals surface area (Å²) in [4.78, 5) is 22.8. The van der Waals surface area contributed by atoms with Crippen molar-refractivity contribution in [3.05, 3.63) is 0 Å². The van der Waals surface area contributed by atoms with Gasteiger partial charge in [0.05, 0.1) is 5.92 Å². The number of hydrogen-bond acceptors (Lipinski definition) is 2. The van der Waals surface area contributed by atoms with Crippen molar-refractivity contribution in [2.45, 2.75) is 26.7 Å². The van der Waals surface area contributed by atoms with Gasteiger partial charge in [-0.15, -0.1) is 0 Å². The molecule has 3 rings (SSSR count). The summed E-state index contributed by atoms with van der Waals surface area (Å²) in [6.07, 6.45) is 1.63. The van der Waals surface area contributed by atoms with Crippen LogP contribution in [0.15, 0.2) is 0 Å². The summed E-state index contributed by atoms with van der Waals surface area (Å²) in [5, 5.41) is 0. The number of rotatable bonds is 0. The largest absolute Gasteiger partial charge is 0.299 e. The third-order valence-corrected chi connectivity index (χ3v) is 3.21. The van der Waals surface area contributed by atoms with Crippen LogP contribution in [0.4, 0.5) is 0 Å². The second-order valence-corrected chi connectivity index (χ2v) is 4.15. The van der Waals surface area contributed by atoms with Gasteiger partial charge in [-0.25, -0.2) is 0 Å². The van der Waals surface area contributed by atoms with Crippen molar-refractivity contribution in [2.24, 2.45) is 17.3 Å². The van der Waals surface area contributed by atoms with Crippen molar-refractivity contribution >= 4 is 11.6 Å². The van der Waals surface area contributed by atoms with E-state index in [0.717, 1.165) is 12.8 Å². The Morgan fingerprint density at radius 1 is 1.36 bits per heavy atom. The van der Waals surface area contributed by atoms with Gasteiger partial charge in [-0.2, -0.15) is 0 Å². The molecule has 0 N–H and O–H groups in total. The zero-order valence-corrected chi connectivity index (χ0v) is 6.89. The summed E-state index contributed by atoms with van der Waals surface area (Å²) in [5.74, 6) is 0.254. The molecule has 0 aromatic carbocycles. The maximum Gasteiger partial charge on any atom is 0.148 e. The van der Waals surface area contributed by atoms with Crippen molar-refractivity contribution < 1.29 is 9.59 Å². The summed E-state index contributed by atoms with van der Waals surface area (Å²) in [6.45, 7) is 3.73. The van der Waals surface area contributed by atoms with Crippen LogP contribution in [0.25, 0.3) is 0 Å². The van der Waals surface area contributed by atoms with E-state index in [1.807, 2.05) is 6.92 Å². The van der Waals surface area contributed by atoms with Crippen LogP contribution in [0, 0.1) is 17.3 Å². The monoisotopic (exact) mass is 152 g/mol. The molecular formula is C9H12O2. The molecule has 0 aromatic heterocycles. The van der Waals surface area contributed by atoms with Crippen LogP contribution >= 0.6 is 0 Å². The first kappa shape index (κ1) is 7.01. The molecular weight excluding hydrogens is 140 g/mol. The average Bonchev–Trinajstić information content (AvgIpc) is 1.91. The molecule has 2 nitrogen and oxygen atoms in total. The van der Waals surface area contributed by atoms with Crippen LogP contribution in [0.1, 0.15) is 26.7 Å². The third kappa shape index (κ3) is 0.673. The summed E-state index contributed by atoms with van der Waals surface area (Å²) < 4.78 is 0. The van der Waals surface area contributed by atoms with Crippen LogP contribution in [-0.4, -0.2) is 11.6 Å².